The molecule has 4 nitrogen and oxygen atoms in total. The van der Waals surface area contributed by atoms with Crippen molar-refractivity contribution in [3.8, 4) is 5.69 Å². The zero-order valence-electron chi connectivity index (χ0n) is 12.7. The van der Waals surface area contributed by atoms with Crippen molar-refractivity contribution >= 4 is 22.5 Å². The average molecular weight is 336 g/mol. The number of nitrogens with one attached hydrogen (secondary N) is 1. The van der Waals surface area contributed by atoms with Gasteiger partial charge in [0.05, 0.1) is 16.6 Å². The Morgan fingerprint density at radius 3 is 2.50 bits per heavy atom. The fraction of sp³-hybridized carbons (Fsp3) is 0.0526. The highest BCUT2D eigenvalue weighted by Gasteiger charge is 2.12. The van der Waals surface area contributed by atoms with Gasteiger partial charge in [-0.1, -0.05) is 41.9 Å². The van der Waals surface area contributed by atoms with Gasteiger partial charge in [-0.2, -0.15) is 0 Å². The van der Waals surface area contributed by atoms with E-state index >= 15 is 0 Å². The van der Waals surface area contributed by atoms with Gasteiger partial charge in [0.2, 0.25) is 0 Å². The van der Waals surface area contributed by atoms with Crippen LogP contribution in [0.4, 0.5) is 0 Å². The SMILES string of the molecule is O=c1c2cncc(Cc3ccccc3)c2[nH]n1-c1ccc(Cl)cc1. The molecule has 0 bridgehead atoms. The van der Waals surface area contributed by atoms with E-state index in [-0.39, 0.29) is 5.56 Å². The molecule has 4 aromatic rings. The minimum atomic E-state index is -0.116. The molecule has 0 spiro atoms. The monoisotopic (exact) mass is 335 g/mol. The molecule has 0 aliphatic heterocycles. The second-order valence-electron chi connectivity index (χ2n) is 5.61. The van der Waals surface area contributed by atoms with Gasteiger partial charge in [0.25, 0.3) is 5.56 Å². The van der Waals surface area contributed by atoms with Crippen molar-refractivity contribution in [2.45, 2.75) is 6.42 Å². The number of nitrogens with zero attached hydrogens (tertiary/aromatic N) is 2. The summed E-state index contributed by atoms with van der Waals surface area (Å²) in [6.07, 6.45) is 4.12. The average Bonchev–Trinajstić information content (AvgIpc) is 2.95. The molecule has 0 radical (unpaired) electrons. The number of aromatic amines is 1. The van der Waals surface area contributed by atoms with Crippen LogP contribution in [0.5, 0.6) is 0 Å². The van der Waals surface area contributed by atoms with Crippen molar-refractivity contribution in [2.75, 3.05) is 0 Å². The fourth-order valence-electron chi connectivity index (χ4n) is 2.80. The normalized spacial score (nSPS) is 11.0. The Hall–Kier alpha value is -2.85. The summed E-state index contributed by atoms with van der Waals surface area (Å²) < 4.78 is 1.52. The number of pyridine rings is 1. The first-order valence-electron chi connectivity index (χ1n) is 7.60. The number of hydrogen-bond donors (Lipinski definition) is 1. The second-order valence-corrected chi connectivity index (χ2v) is 6.05. The molecular formula is C19H14ClN3O. The van der Waals surface area contributed by atoms with Crippen LogP contribution in [0.15, 0.2) is 71.8 Å². The standard InChI is InChI=1S/C19H14ClN3O/c20-15-6-8-16(9-7-15)23-19(24)17-12-21-11-14(18(17)22-23)10-13-4-2-1-3-5-13/h1-9,11-12,22H,10H2. The van der Waals surface area contributed by atoms with Gasteiger partial charge >= 0.3 is 0 Å². The van der Waals surface area contributed by atoms with Gasteiger partial charge in [-0.25, -0.2) is 4.68 Å². The molecule has 0 aliphatic rings. The summed E-state index contributed by atoms with van der Waals surface area (Å²) in [5.41, 5.74) is 3.60. The topological polar surface area (TPSA) is 50.7 Å². The molecule has 24 heavy (non-hydrogen) atoms. The minimum absolute atomic E-state index is 0.116. The van der Waals surface area contributed by atoms with Crippen LogP contribution in [-0.4, -0.2) is 14.8 Å². The van der Waals surface area contributed by atoms with Gasteiger partial charge in [-0.3, -0.25) is 14.9 Å². The molecule has 2 heterocycles. The number of aromatic nitrogens is 3. The molecule has 0 aliphatic carbocycles. The van der Waals surface area contributed by atoms with Crippen LogP contribution in [0.1, 0.15) is 11.1 Å². The predicted octanol–water partition coefficient (Wildman–Crippen LogP) is 3.96. The summed E-state index contributed by atoms with van der Waals surface area (Å²) in [6, 6.07) is 17.3. The van der Waals surface area contributed by atoms with E-state index in [2.05, 4.69) is 22.2 Å². The van der Waals surface area contributed by atoms with Crippen LogP contribution >= 0.6 is 11.6 Å². The quantitative estimate of drug-likeness (QED) is 0.616. The Morgan fingerprint density at radius 1 is 1.00 bits per heavy atom. The Morgan fingerprint density at radius 2 is 1.75 bits per heavy atom. The molecule has 4 rings (SSSR count). The molecule has 0 atom stereocenters. The minimum Gasteiger partial charge on any atom is -0.290 e. The van der Waals surface area contributed by atoms with Crippen LogP contribution in [0.3, 0.4) is 0 Å². The summed E-state index contributed by atoms with van der Waals surface area (Å²) in [5.74, 6) is 0. The molecule has 2 aromatic carbocycles. The molecule has 1 N–H and O–H groups in total. The fourth-order valence-corrected chi connectivity index (χ4v) is 2.93. The summed E-state index contributed by atoms with van der Waals surface area (Å²) in [4.78, 5) is 16.9. The van der Waals surface area contributed by atoms with Crippen molar-refractivity contribution in [2.24, 2.45) is 0 Å². The third kappa shape index (κ3) is 2.61. The van der Waals surface area contributed by atoms with Gasteiger partial charge in [-0.05, 0) is 29.8 Å². The first-order chi connectivity index (χ1) is 11.7. The Balaban J connectivity index is 1.84. The van der Waals surface area contributed by atoms with Crippen molar-refractivity contribution in [3.63, 3.8) is 0 Å². The smallest absolute Gasteiger partial charge is 0.280 e. The molecule has 118 valence electrons. The van der Waals surface area contributed by atoms with Crippen molar-refractivity contribution < 1.29 is 0 Å². The molecule has 0 saturated carbocycles. The molecule has 0 unspecified atom stereocenters. The zero-order valence-corrected chi connectivity index (χ0v) is 13.5. The number of benzene rings is 2. The molecule has 2 aromatic heterocycles. The third-order valence-electron chi connectivity index (χ3n) is 4.00. The maximum atomic E-state index is 12.7. The molecule has 5 heteroatoms. The Bertz CT molecular complexity index is 1050. The highest BCUT2D eigenvalue weighted by molar-refractivity contribution is 6.30. The summed E-state index contributed by atoms with van der Waals surface area (Å²) >= 11 is 5.93. The third-order valence-corrected chi connectivity index (χ3v) is 4.26. The van der Waals surface area contributed by atoms with Gasteiger partial charge in [0.1, 0.15) is 0 Å². The van der Waals surface area contributed by atoms with Gasteiger partial charge in [-0.15, -0.1) is 0 Å². The highest BCUT2D eigenvalue weighted by Crippen LogP contribution is 2.18. The van der Waals surface area contributed by atoms with E-state index in [1.807, 2.05) is 30.3 Å². The molecule has 0 saturated heterocycles. The maximum Gasteiger partial charge on any atom is 0.280 e. The summed E-state index contributed by atoms with van der Waals surface area (Å²) in [7, 11) is 0. The maximum absolute atomic E-state index is 12.7. The molecule has 0 amide bonds. The number of hydrogen-bond acceptors (Lipinski definition) is 2. The van der Waals surface area contributed by atoms with E-state index in [0.29, 0.717) is 16.8 Å². The van der Waals surface area contributed by atoms with Gasteiger partial charge in [0, 0.05) is 29.4 Å². The first-order valence-corrected chi connectivity index (χ1v) is 7.97. The largest absolute Gasteiger partial charge is 0.290 e. The van der Waals surface area contributed by atoms with E-state index in [9.17, 15) is 4.79 Å². The highest BCUT2D eigenvalue weighted by atomic mass is 35.5. The first kappa shape index (κ1) is 14.7. The Kier molecular flexibility index (Phi) is 3.67. The van der Waals surface area contributed by atoms with Crippen LogP contribution in [0, 0.1) is 0 Å². The van der Waals surface area contributed by atoms with E-state index in [1.54, 1.807) is 24.5 Å². The van der Waals surface area contributed by atoms with Crippen LogP contribution in [0.25, 0.3) is 16.6 Å². The summed E-state index contributed by atoms with van der Waals surface area (Å²) in [5, 5.41) is 4.43. The number of halogens is 1. The van der Waals surface area contributed by atoms with Crippen LogP contribution < -0.4 is 5.56 Å². The lowest BCUT2D eigenvalue weighted by atomic mass is 10.1. The van der Waals surface area contributed by atoms with Crippen LogP contribution in [-0.2, 0) is 6.42 Å². The van der Waals surface area contributed by atoms with Crippen molar-refractivity contribution in [1.82, 2.24) is 14.8 Å². The lowest BCUT2D eigenvalue weighted by molar-refractivity contribution is 0.861. The van der Waals surface area contributed by atoms with E-state index in [0.717, 1.165) is 16.8 Å². The second kappa shape index (κ2) is 5.98. The van der Waals surface area contributed by atoms with E-state index in [4.69, 9.17) is 11.6 Å². The van der Waals surface area contributed by atoms with Crippen molar-refractivity contribution in [1.29, 1.82) is 0 Å². The van der Waals surface area contributed by atoms with Crippen molar-refractivity contribution in [3.05, 3.63) is 93.5 Å². The molecular weight excluding hydrogens is 322 g/mol. The number of fused-ring (bicyclic) bond motifs is 1. The van der Waals surface area contributed by atoms with E-state index < -0.39 is 0 Å². The molecule has 0 fully saturated rings. The van der Waals surface area contributed by atoms with E-state index in [1.165, 1.54) is 10.2 Å². The lowest BCUT2D eigenvalue weighted by Crippen LogP contribution is -2.13. The van der Waals surface area contributed by atoms with Gasteiger partial charge < -0.3 is 0 Å². The Labute approximate surface area is 143 Å². The number of rotatable bonds is 3. The number of H-pyrrole nitrogens is 1. The predicted molar refractivity (Wildman–Crippen MR) is 95.9 cm³/mol. The summed E-state index contributed by atoms with van der Waals surface area (Å²) in [6.45, 7) is 0. The lowest BCUT2D eigenvalue weighted by Gasteiger charge is -2.03. The van der Waals surface area contributed by atoms with Crippen LogP contribution in [0.2, 0.25) is 5.02 Å². The zero-order chi connectivity index (χ0) is 16.5. The van der Waals surface area contributed by atoms with Gasteiger partial charge in [0.15, 0.2) is 0 Å².